The molecule has 1 aromatic heterocycles. The molecule has 1 aromatic carbocycles. The molecule has 0 radical (unpaired) electrons. The summed E-state index contributed by atoms with van der Waals surface area (Å²) in [5.74, 6) is 0.750. The minimum atomic E-state index is -3.60. The molecule has 0 spiro atoms. The second-order valence-electron chi connectivity index (χ2n) is 5.92. The van der Waals surface area contributed by atoms with Crippen molar-refractivity contribution in [3.05, 3.63) is 47.7 Å². The highest BCUT2D eigenvalue weighted by Gasteiger charge is 2.15. The topological polar surface area (TPSA) is 71.1 Å². The van der Waals surface area contributed by atoms with E-state index in [2.05, 4.69) is 21.9 Å². The number of aryl methyl sites for hydroxylation is 2. The fraction of sp³-hybridized carbons (Fsp3) is 0.389. The molecule has 0 aliphatic rings. The molecule has 0 amide bonds. The van der Waals surface area contributed by atoms with E-state index in [4.69, 9.17) is 0 Å². The SMILES string of the molecule is CCCCCNc1ccc(NS(=O)(=O)c2ccc(C)c(C)c2)cn1. The lowest BCUT2D eigenvalue weighted by atomic mass is 10.1. The van der Waals surface area contributed by atoms with Gasteiger partial charge in [-0.05, 0) is 55.7 Å². The van der Waals surface area contributed by atoms with Gasteiger partial charge in [0.1, 0.15) is 5.82 Å². The zero-order valence-electron chi connectivity index (χ0n) is 14.5. The molecule has 0 bridgehead atoms. The predicted octanol–water partition coefficient (Wildman–Crippen LogP) is 4.10. The van der Waals surface area contributed by atoms with E-state index in [9.17, 15) is 8.42 Å². The summed E-state index contributed by atoms with van der Waals surface area (Å²) >= 11 is 0. The molecular formula is C18H25N3O2S. The highest BCUT2D eigenvalue weighted by Crippen LogP contribution is 2.19. The summed E-state index contributed by atoms with van der Waals surface area (Å²) in [5, 5.41) is 3.23. The Labute approximate surface area is 144 Å². The number of benzene rings is 1. The van der Waals surface area contributed by atoms with E-state index in [-0.39, 0.29) is 4.90 Å². The average Bonchev–Trinajstić information content (AvgIpc) is 2.55. The van der Waals surface area contributed by atoms with E-state index < -0.39 is 10.0 Å². The molecule has 5 nitrogen and oxygen atoms in total. The summed E-state index contributed by atoms with van der Waals surface area (Å²) in [6.45, 7) is 6.88. The summed E-state index contributed by atoms with van der Waals surface area (Å²) in [7, 11) is -3.60. The van der Waals surface area contributed by atoms with Crippen LogP contribution in [-0.4, -0.2) is 19.9 Å². The molecule has 2 N–H and O–H groups in total. The van der Waals surface area contributed by atoms with Crippen LogP contribution in [0.1, 0.15) is 37.3 Å². The number of pyridine rings is 1. The van der Waals surface area contributed by atoms with Crippen LogP contribution in [0.4, 0.5) is 11.5 Å². The van der Waals surface area contributed by atoms with Crippen LogP contribution in [0.15, 0.2) is 41.4 Å². The summed E-state index contributed by atoms with van der Waals surface area (Å²) in [5.41, 5.74) is 2.46. The normalized spacial score (nSPS) is 11.3. The number of hydrogen-bond donors (Lipinski definition) is 2. The van der Waals surface area contributed by atoms with Gasteiger partial charge in [-0.2, -0.15) is 0 Å². The molecular weight excluding hydrogens is 322 g/mol. The molecule has 2 rings (SSSR count). The number of sulfonamides is 1. The van der Waals surface area contributed by atoms with Gasteiger partial charge in [-0.1, -0.05) is 25.8 Å². The Kier molecular flexibility index (Phi) is 6.20. The molecule has 0 aliphatic carbocycles. The molecule has 0 saturated carbocycles. The molecule has 0 saturated heterocycles. The van der Waals surface area contributed by atoms with Crippen molar-refractivity contribution < 1.29 is 8.42 Å². The van der Waals surface area contributed by atoms with Gasteiger partial charge in [0, 0.05) is 6.54 Å². The summed E-state index contributed by atoms with van der Waals surface area (Å²) in [6.07, 6.45) is 4.98. The Bertz CT molecular complexity index is 771. The van der Waals surface area contributed by atoms with Crippen LogP contribution >= 0.6 is 0 Å². The minimum absolute atomic E-state index is 0.257. The molecule has 2 aromatic rings. The molecule has 1 heterocycles. The van der Waals surface area contributed by atoms with Gasteiger partial charge in [-0.15, -0.1) is 0 Å². The quantitative estimate of drug-likeness (QED) is 0.705. The first-order valence-electron chi connectivity index (χ1n) is 8.22. The standard InChI is InChI=1S/C18H25N3O2S/c1-4-5-6-11-19-18-10-8-16(13-20-18)21-24(22,23)17-9-7-14(2)15(3)12-17/h7-10,12-13,21H,4-6,11H2,1-3H3,(H,19,20). The van der Waals surface area contributed by atoms with Crippen molar-refractivity contribution in [2.45, 2.75) is 44.9 Å². The second kappa shape index (κ2) is 8.15. The van der Waals surface area contributed by atoms with Crippen molar-refractivity contribution >= 4 is 21.5 Å². The monoisotopic (exact) mass is 347 g/mol. The van der Waals surface area contributed by atoms with Gasteiger partial charge in [0.25, 0.3) is 10.0 Å². The first-order valence-corrected chi connectivity index (χ1v) is 9.70. The first-order chi connectivity index (χ1) is 11.4. The van der Waals surface area contributed by atoms with E-state index in [0.717, 1.165) is 29.9 Å². The third-order valence-corrected chi connectivity index (χ3v) is 5.27. The van der Waals surface area contributed by atoms with Gasteiger partial charge in [0.2, 0.25) is 0 Å². The fourth-order valence-corrected chi connectivity index (χ4v) is 3.37. The van der Waals surface area contributed by atoms with Gasteiger partial charge in [0.15, 0.2) is 0 Å². The van der Waals surface area contributed by atoms with E-state index in [1.807, 2.05) is 19.9 Å². The smallest absolute Gasteiger partial charge is 0.261 e. The number of rotatable bonds is 8. The lowest BCUT2D eigenvalue weighted by Gasteiger charge is -2.10. The summed E-state index contributed by atoms with van der Waals surface area (Å²) in [4.78, 5) is 4.50. The third-order valence-electron chi connectivity index (χ3n) is 3.89. The molecule has 6 heteroatoms. The maximum Gasteiger partial charge on any atom is 0.261 e. The fourth-order valence-electron chi connectivity index (χ4n) is 2.25. The second-order valence-corrected chi connectivity index (χ2v) is 7.60. The maximum atomic E-state index is 12.4. The Morgan fingerprint density at radius 1 is 1.04 bits per heavy atom. The van der Waals surface area contributed by atoms with E-state index in [1.165, 1.54) is 19.0 Å². The van der Waals surface area contributed by atoms with Crippen LogP contribution in [0.2, 0.25) is 0 Å². The van der Waals surface area contributed by atoms with E-state index >= 15 is 0 Å². The number of nitrogens with one attached hydrogen (secondary N) is 2. The molecule has 130 valence electrons. The van der Waals surface area contributed by atoms with Crippen molar-refractivity contribution in [3.8, 4) is 0 Å². The zero-order chi connectivity index (χ0) is 17.6. The van der Waals surface area contributed by atoms with Crippen molar-refractivity contribution in [3.63, 3.8) is 0 Å². The Morgan fingerprint density at radius 2 is 1.83 bits per heavy atom. The number of unbranched alkanes of at least 4 members (excludes halogenated alkanes) is 2. The van der Waals surface area contributed by atoms with Crippen LogP contribution in [0.5, 0.6) is 0 Å². The van der Waals surface area contributed by atoms with Crippen LogP contribution in [0.25, 0.3) is 0 Å². The number of anilines is 2. The van der Waals surface area contributed by atoms with Gasteiger partial charge >= 0.3 is 0 Å². The van der Waals surface area contributed by atoms with Crippen molar-refractivity contribution in [1.82, 2.24) is 4.98 Å². The number of aromatic nitrogens is 1. The minimum Gasteiger partial charge on any atom is -0.370 e. The van der Waals surface area contributed by atoms with Crippen molar-refractivity contribution in [2.75, 3.05) is 16.6 Å². The summed E-state index contributed by atoms with van der Waals surface area (Å²) < 4.78 is 27.4. The number of nitrogens with zero attached hydrogens (tertiary/aromatic N) is 1. The van der Waals surface area contributed by atoms with Gasteiger partial charge < -0.3 is 5.32 Å². The van der Waals surface area contributed by atoms with Crippen LogP contribution in [0, 0.1) is 13.8 Å². The lowest BCUT2D eigenvalue weighted by molar-refractivity contribution is 0.601. The third kappa shape index (κ3) is 4.96. The van der Waals surface area contributed by atoms with E-state index in [1.54, 1.807) is 24.3 Å². The van der Waals surface area contributed by atoms with Crippen LogP contribution in [-0.2, 0) is 10.0 Å². The first kappa shape index (κ1) is 18.3. The van der Waals surface area contributed by atoms with Crippen molar-refractivity contribution in [1.29, 1.82) is 0 Å². The van der Waals surface area contributed by atoms with Gasteiger partial charge in [-0.3, -0.25) is 4.72 Å². The van der Waals surface area contributed by atoms with Crippen LogP contribution < -0.4 is 10.0 Å². The van der Waals surface area contributed by atoms with Gasteiger partial charge in [0.05, 0.1) is 16.8 Å². The zero-order valence-corrected chi connectivity index (χ0v) is 15.3. The van der Waals surface area contributed by atoms with Crippen molar-refractivity contribution in [2.24, 2.45) is 0 Å². The number of hydrogen-bond acceptors (Lipinski definition) is 4. The predicted molar refractivity (Wildman–Crippen MR) is 99.0 cm³/mol. The van der Waals surface area contributed by atoms with Gasteiger partial charge in [-0.25, -0.2) is 13.4 Å². The highest BCUT2D eigenvalue weighted by atomic mass is 32.2. The summed E-state index contributed by atoms with van der Waals surface area (Å²) in [6, 6.07) is 8.60. The van der Waals surface area contributed by atoms with Crippen LogP contribution in [0.3, 0.4) is 0 Å². The average molecular weight is 347 g/mol. The Hall–Kier alpha value is -2.08. The molecule has 0 atom stereocenters. The Morgan fingerprint density at radius 3 is 2.46 bits per heavy atom. The Balaban J connectivity index is 2.03. The van der Waals surface area contributed by atoms with E-state index in [0.29, 0.717) is 5.69 Å². The lowest BCUT2D eigenvalue weighted by Crippen LogP contribution is -2.13. The molecule has 0 fully saturated rings. The molecule has 24 heavy (non-hydrogen) atoms. The molecule has 0 aliphatic heterocycles. The largest absolute Gasteiger partial charge is 0.370 e. The highest BCUT2D eigenvalue weighted by molar-refractivity contribution is 7.92. The molecule has 0 unspecified atom stereocenters. The maximum absolute atomic E-state index is 12.4.